The molecule has 6 heteroatoms. The van der Waals surface area contributed by atoms with Gasteiger partial charge in [-0.2, -0.15) is 5.10 Å². The summed E-state index contributed by atoms with van der Waals surface area (Å²) in [5, 5.41) is 8.33. The van der Waals surface area contributed by atoms with Crippen molar-refractivity contribution in [2.45, 2.75) is 12.7 Å². The van der Waals surface area contributed by atoms with Crippen molar-refractivity contribution in [3.8, 4) is 0 Å². The van der Waals surface area contributed by atoms with Gasteiger partial charge in [-0.25, -0.2) is 0 Å². The standard InChI is InChI=1S/C18H22N4OS/c1-15-7-8-17(20-19-15)21-9-11-22(12-10-21)18(23)14-24-13-16-5-3-2-4-6-16/h2-8H,9-14H2,1H3. The molecule has 0 atom stereocenters. The number of anilines is 1. The van der Waals surface area contributed by atoms with E-state index in [4.69, 9.17) is 0 Å². The Morgan fingerprint density at radius 2 is 1.79 bits per heavy atom. The molecule has 1 aliphatic rings. The third-order valence-electron chi connectivity index (χ3n) is 4.08. The summed E-state index contributed by atoms with van der Waals surface area (Å²) in [6.07, 6.45) is 0. The highest BCUT2D eigenvalue weighted by atomic mass is 32.2. The first-order valence-corrected chi connectivity index (χ1v) is 9.32. The Hall–Kier alpha value is -2.08. The molecule has 24 heavy (non-hydrogen) atoms. The van der Waals surface area contributed by atoms with Gasteiger partial charge in [0.15, 0.2) is 5.82 Å². The third-order valence-corrected chi connectivity index (χ3v) is 5.07. The molecule has 1 aromatic heterocycles. The molecule has 3 rings (SSSR count). The number of carbonyl (C=O) groups excluding carboxylic acids is 1. The number of rotatable bonds is 5. The molecule has 0 bridgehead atoms. The normalized spacial score (nSPS) is 14.7. The van der Waals surface area contributed by atoms with E-state index < -0.39 is 0 Å². The van der Waals surface area contributed by atoms with Gasteiger partial charge in [0, 0.05) is 31.9 Å². The lowest BCUT2D eigenvalue weighted by Gasteiger charge is -2.35. The van der Waals surface area contributed by atoms with Crippen LogP contribution in [0.5, 0.6) is 0 Å². The molecular formula is C18H22N4OS. The predicted molar refractivity (Wildman–Crippen MR) is 98.2 cm³/mol. The fourth-order valence-corrected chi connectivity index (χ4v) is 3.55. The van der Waals surface area contributed by atoms with Crippen molar-refractivity contribution in [1.82, 2.24) is 15.1 Å². The van der Waals surface area contributed by atoms with E-state index >= 15 is 0 Å². The van der Waals surface area contributed by atoms with Gasteiger partial charge in [-0.15, -0.1) is 16.9 Å². The molecule has 2 heterocycles. The molecule has 1 fully saturated rings. The number of amides is 1. The molecule has 0 saturated carbocycles. The van der Waals surface area contributed by atoms with Crippen molar-refractivity contribution in [2.24, 2.45) is 0 Å². The second kappa shape index (κ2) is 8.15. The van der Waals surface area contributed by atoms with Crippen molar-refractivity contribution < 1.29 is 4.79 Å². The molecule has 126 valence electrons. The van der Waals surface area contributed by atoms with Crippen molar-refractivity contribution in [3.63, 3.8) is 0 Å². The van der Waals surface area contributed by atoms with Crippen LogP contribution in [0.2, 0.25) is 0 Å². The van der Waals surface area contributed by atoms with E-state index in [1.807, 2.05) is 42.2 Å². The summed E-state index contributed by atoms with van der Waals surface area (Å²) in [6, 6.07) is 14.2. The number of thioether (sulfide) groups is 1. The summed E-state index contributed by atoms with van der Waals surface area (Å²) in [4.78, 5) is 16.5. The summed E-state index contributed by atoms with van der Waals surface area (Å²) < 4.78 is 0. The smallest absolute Gasteiger partial charge is 0.232 e. The minimum Gasteiger partial charge on any atom is -0.352 e. The fourth-order valence-electron chi connectivity index (χ4n) is 2.67. The zero-order chi connectivity index (χ0) is 16.8. The van der Waals surface area contributed by atoms with Crippen LogP contribution in [0.4, 0.5) is 5.82 Å². The van der Waals surface area contributed by atoms with Crippen LogP contribution in [0.15, 0.2) is 42.5 Å². The molecular weight excluding hydrogens is 320 g/mol. The molecule has 1 aliphatic heterocycles. The summed E-state index contributed by atoms with van der Waals surface area (Å²) in [7, 11) is 0. The molecule has 0 N–H and O–H groups in total. The van der Waals surface area contributed by atoms with Gasteiger partial charge in [-0.05, 0) is 24.6 Å². The van der Waals surface area contributed by atoms with Gasteiger partial charge in [0.05, 0.1) is 11.4 Å². The Kier molecular flexibility index (Phi) is 5.69. The molecule has 5 nitrogen and oxygen atoms in total. The van der Waals surface area contributed by atoms with Gasteiger partial charge in [0.2, 0.25) is 5.91 Å². The number of hydrogen-bond acceptors (Lipinski definition) is 5. The van der Waals surface area contributed by atoms with Crippen LogP contribution in [-0.4, -0.2) is 52.9 Å². The van der Waals surface area contributed by atoms with E-state index in [-0.39, 0.29) is 5.91 Å². The Morgan fingerprint density at radius 1 is 1.04 bits per heavy atom. The predicted octanol–water partition coefficient (Wildman–Crippen LogP) is 2.37. The molecule has 1 aromatic carbocycles. The lowest BCUT2D eigenvalue weighted by atomic mass is 10.2. The maximum Gasteiger partial charge on any atom is 0.232 e. The van der Waals surface area contributed by atoms with Gasteiger partial charge in [0.1, 0.15) is 0 Å². The van der Waals surface area contributed by atoms with Gasteiger partial charge < -0.3 is 9.80 Å². The number of piperazine rings is 1. The van der Waals surface area contributed by atoms with E-state index in [2.05, 4.69) is 27.2 Å². The largest absolute Gasteiger partial charge is 0.352 e. The van der Waals surface area contributed by atoms with Gasteiger partial charge in [0.25, 0.3) is 0 Å². The number of carbonyl (C=O) groups is 1. The molecule has 1 saturated heterocycles. The van der Waals surface area contributed by atoms with E-state index in [1.165, 1.54) is 5.56 Å². The van der Waals surface area contributed by atoms with Crippen LogP contribution in [0.1, 0.15) is 11.3 Å². The third kappa shape index (κ3) is 4.47. The Bertz CT molecular complexity index is 654. The van der Waals surface area contributed by atoms with Crippen LogP contribution in [-0.2, 0) is 10.5 Å². The van der Waals surface area contributed by atoms with Gasteiger partial charge in [-0.3, -0.25) is 4.79 Å². The van der Waals surface area contributed by atoms with Crippen LogP contribution >= 0.6 is 11.8 Å². The van der Waals surface area contributed by atoms with E-state index in [0.29, 0.717) is 5.75 Å². The molecule has 0 spiro atoms. The lowest BCUT2D eigenvalue weighted by Crippen LogP contribution is -2.49. The summed E-state index contributed by atoms with van der Waals surface area (Å²) in [5.74, 6) is 2.54. The number of nitrogens with zero attached hydrogens (tertiary/aromatic N) is 4. The van der Waals surface area contributed by atoms with Crippen LogP contribution in [0, 0.1) is 6.92 Å². The number of hydrogen-bond donors (Lipinski definition) is 0. The number of aromatic nitrogens is 2. The average molecular weight is 342 g/mol. The second-order valence-corrected chi connectivity index (χ2v) is 6.86. The molecule has 1 amide bonds. The molecule has 0 unspecified atom stereocenters. The van der Waals surface area contributed by atoms with E-state index in [1.54, 1.807) is 11.8 Å². The highest BCUT2D eigenvalue weighted by molar-refractivity contribution is 7.99. The summed E-state index contributed by atoms with van der Waals surface area (Å²) in [5.41, 5.74) is 2.18. The Morgan fingerprint density at radius 3 is 2.46 bits per heavy atom. The van der Waals surface area contributed by atoms with E-state index in [0.717, 1.165) is 43.4 Å². The van der Waals surface area contributed by atoms with E-state index in [9.17, 15) is 4.79 Å². The molecule has 2 aromatic rings. The lowest BCUT2D eigenvalue weighted by molar-refractivity contribution is -0.128. The highest BCUT2D eigenvalue weighted by Gasteiger charge is 2.21. The Labute approximate surface area is 147 Å². The van der Waals surface area contributed by atoms with Gasteiger partial charge >= 0.3 is 0 Å². The second-order valence-electron chi connectivity index (χ2n) is 5.88. The van der Waals surface area contributed by atoms with Crippen molar-refractivity contribution in [2.75, 3.05) is 36.8 Å². The van der Waals surface area contributed by atoms with Gasteiger partial charge in [-0.1, -0.05) is 30.3 Å². The quantitative estimate of drug-likeness (QED) is 0.835. The van der Waals surface area contributed by atoms with Crippen LogP contribution in [0.25, 0.3) is 0 Å². The fraction of sp³-hybridized carbons (Fsp3) is 0.389. The molecule has 0 radical (unpaired) electrons. The summed E-state index contributed by atoms with van der Waals surface area (Å²) in [6.45, 7) is 5.06. The maximum absolute atomic E-state index is 12.3. The zero-order valence-corrected chi connectivity index (χ0v) is 14.7. The average Bonchev–Trinajstić information content (AvgIpc) is 2.63. The van der Waals surface area contributed by atoms with Crippen molar-refractivity contribution in [1.29, 1.82) is 0 Å². The van der Waals surface area contributed by atoms with Crippen molar-refractivity contribution >= 4 is 23.5 Å². The monoisotopic (exact) mass is 342 g/mol. The molecule has 0 aliphatic carbocycles. The zero-order valence-electron chi connectivity index (χ0n) is 13.9. The highest BCUT2D eigenvalue weighted by Crippen LogP contribution is 2.15. The minimum absolute atomic E-state index is 0.227. The first-order valence-electron chi connectivity index (χ1n) is 8.17. The van der Waals surface area contributed by atoms with Crippen LogP contribution in [0.3, 0.4) is 0 Å². The number of benzene rings is 1. The topological polar surface area (TPSA) is 49.3 Å². The first kappa shape index (κ1) is 16.8. The Balaban J connectivity index is 1.42. The van der Waals surface area contributed by atoms with Crippen LogP contribution < -0.4 is 4.90 Å². The minimum atomic E-state index is 0.227. The first-order chi connectivity index (χ1) is 11.7. The maximum atomic E-state index is 12.3. The van der Waals surface area contributed by atoms with Crippen molar-refractivity contribution in [3.05, 3.63) is 53.7 Å². The SMILES string of the molecule is Cc1ccc(N2CCN(C(=O)CSCc3ccccc3)CC2)nn1. The summed E-state index contributed by atoms with van der Waals surface area (Å²) >= 11 is 1.68. The number of aryl methyl sites for hydroxylation is 1.